The number of imide groups is 1. The minimum Gasteiger partial charge on any atom is -0.486 e. The lowest BCUT2D eigenvalue weighted by Gasteiger charge is -2.42. The molecule has 1 N–H and O–H groups in total. The highest BCUT2D eigenvalue weighted by atomic mass is 16.6. The molecule has 28 heavy (non-hydrogen) atoms. The summed E-state index contributed by atoms with van der Waals surface area (Å²) in [6.45, 7) is 6.23. The molecule has 1 aromatic rings. The van der Waals surface area contributed by atoms with Crippen LogP contribution in [0.4, 0.5) is 4.79 Å². The molecule has 2 fully saturated rings. The lowest BCUT2D eigenvalue weighted by molar-refractivity contribution is -0.129. The summed E-state index contributed by atoms with van der Waals surface area (Å²) in [6.07, 6.45) is 0.852. The van der Waals surface area contributed by atoms with Crippen molar-refractivity contribution in [3.05, 3.63) is 23.8 Å². The number of hydrogen-bond acceptors (Lipinski definition) is 5. The first-order chi connectivity index (χ1) is 13.4. The number of amides is 4. The molecule has 8 heteroatoms. The van der Waals surface area contributed by atoms with Crippen LogP contribution in [-0.4, -0.2) is 66.0 Å². The molecule has 3 heterocycles. The summed E-state index contributed by atoms with van der Waals surface area (Å²) in [7, 11) is 0. The summed E-state index contributed by atoms with van der Waals surface area (Å²) in [6, 6.07) is 4.96. The van der Waals surface area contributed by atoms with Crippen LogP contribution in [0.25, 0.3) is 0 Å². The van der Waals surface area contributed by atoms with Crippen molar-refractivity contribution in [1.29, 1.82) is 0 Å². The number of hydrogen-bond donors (Lipinski definition) is 1. The monoisotopic (exact) mass is 387 g/mol. The largest absolute Gasteiger partial charge is 0.486 e. The Morgan fingerprint density at radius 3 is 2.61 bits per heavy atom. The van der Waals surface area contributed by atoms with E-state index < -0.39 is 5.54 Å². The van der Waals surface area contributed by atoms with Crippen molar-refractivity contribution in [2.75, 3.05) is 32.8 Å². The first kappa shape index (κ1) is 18.6. The van der Waals surface area contributed by atoms with Crippen LogP contribution in [0.1, 0.15) is 37.0 Å². The summed E-state index contributed by atoms with van der Waals surface area (Å²) in [5.41, 5.74) is -0.382. The Labute approximate surface area is 163 Å². The molecule has 1 aromatic carbocycles. The Bertz CT molecular complexity index is 814. The average molecular weight is 387 g/mol. The van der Waals surface area contributed by atoms with Gasteiger partial charge in [-0.25, -0.2) is 4.79 Å². The lowest BCUT2D eigenvalue weighted by Crippen LogP contribution is -2.58. The van der Waals surface area contributed by atoms with E-state index in [0.717, 1.165) is 0 Å². The molecular weight excluding hydrogens is 362 g/mol. The van der Waals surface area contributed by atoms with Crippen molar-refractivity contribution in [2.45, 2.75) is 32.2 Å². The van der Waals surface area contributed by atoms with Gasteiger partial charge in [-0.05, 0) is 30.9 Å². The molecule has 2 saturated heterocycles. The van der Waals surface area contributed by atoms with Gasteiger partial charge in [-0.2, -0.15) is 0 Å². The quantitative estimate of drug-likeness (QED) is 0.797. The first-order valence-corrected chi connectivity index (χ1v) is 9.73. The van der Waals surface area contributed by atoms with Crippen molar-refractivity contribution in [1.82, 2.24) is 15.1 Å². The van der Waals surface area contributed by atoms with E-state index in [2.05, 4.69) is 5.32 Å². The van der Waals surface area contributed by atoms with Gasteiger partial charge in [0.25, 0.3) is 11.8 Å². The molecule has 0 aliphatic carbocycles. The lowest BCUT2D eigenvalue weighted by atomic mass is 9.85. The van der Waals surface area contributed by atoms with Gasteiger partial charge in [0.05, 0.1) is 5.56 Å². The number of ether oxygens (including phenoxy) is 2. The second kappa shape index (κ2) is 7.00. The number of fused-ring (bicyclic) bond motifs is 1. The molecule has 0 atom stereocenters. The number of benzene rings is 1. The topological polar surface area (TPSA) is 88.2 Å². The van der Waals surface area contributed by atoms with Crippen LogP contribution in [-0.2, 0) is 4.79 Å². The molecule has 4 rings (SSSR count). The highest BCUT2D eigenvalue weighted by molar-refractivity contribution is 6.07. The van der Waals surface area contributed by atoms with Crippen molar-refractivity contribution in [3.8, 4) is 11.5 Å². The molecule has 0 radical (unpaired) electrons. The number of urea groups is 1. The number of carbonyl (C=O) groups excluding carboxylic acids is 3. The van der Waals surface area contributed by atoms with Crippen molar-refractivity contribution in [3.63, 3.8) is 0 Å². The number of piperidine rings is 1. The maximum Gasteiger partial charge on any atom is 0.325 e. The van der Waals surface area contributed by atoms with Gasteiger partial charge in [-0.1, -0.05) is 19.9 Å². The number of nitrogens with zero attached hydrogens (tertiary/aromatic N) is 2. The van der Waals surface area contributed by atoms with Gasteiger partial charge in [0.2, 0.25) is 0 Å². The summed E-state index contributed by atoms with van der Waals surface area (Å²) in [5, 5.41) is 2.46. The Kier molecular flexibility index (Phi) is 4.64. The molecule has 0 aromatic heterocycles. The van der Waals surface area contributed by atoms with E-state index in [1.165, 1.54) is 0 Å². The minimum atomic E-state index is -0.853. The van der Waals surface area contributed by atoms with Crippen LogP contribution >= 0.6 is 0 Å². The number of carbonyl (C=O) groups is 3. The third kappa shape index (κ3) is 2.96. The molecule has 3 aliphatic heterocycles. The van der Waals surface area contributed by atoms with E-state index in [0.29, 0.717) is 62.8 Å². The normalized spacial score (nSPS) is 20.7. The molecule has 8 nitrogen and oxygen atoms in total. The number of para-hydroxylation sites is 1. The Morgan fingerprint density at radius 1 is 1.18 bits per heavy atom. The summed E-state index contributed by atoms with van der Waals surface area (Å²) >= 11 is 0. The zero-order chi connectivity index (χ0) is 19.9. The maximum absolute atomic E-state index is 13.1. The van der Waals surface area contributed by atoms with E-state index in [9.17, 15) is 14.4 Å². The predicted molar refractivity (Wildman–Crippen MR) is 100 cm³/mol. The zero-order valence-electron chi connectivity index (χ0n) is 16.2. The molecule has 0 bridgehead atoms. The second-order valence-electron chi connectivity index (χ2n) is 7.92. The van der Waals surface area contributed by atoms with Gasteiger partial charge < -0.3 is 19.3 Å². The van der Waals surface area contributed by atoms with E-state index in [1.807, 2.05) is 13.8 Å². The van der Waals surface area contributed by atoms with Crippen LogP contribution in [0, 0.1) is 5.92 Å². The van der Waals surface area contributed by atoms with Gasteiger partial charge in [0.1, 0.15) is 18.8 Å². The van der Waals surface area contributed by atoms with Crippen LogP contribution in [0.3, 0.4) is 0 Å². The van der Waals surface area contributed by atoms with E-state index in [4.69, 9.17) is 9.47 Å². The fourth-order valence-electron chi connectivity index (χ4n) is 4.21. The Morgan fingerprint density at radius 2 is 1.89 bits per heavy atom. The molecule has 0 saturated carbocycles. The van der Waals surface area contributed by atoms with Gasteiger partial charge in [0, 0.05) is 19.6 Å². The van der Waals surface area contributed by atoms with Crippen molar-refractivity contribution >= 4 is 17.8 Å². The summed E-state index contributed by atoms with van der Waals surface area (Å²) < 4.78 is 11.2. The second-order valence-corrected chi connectivity index (χ2v) is 7.92. The smallest absolute Gasteiger partial charge is 0.325 e. The van der Waals surface area contributed by atoms with Gasteiger partial charge in [0.15, 0.2) is 11.5 Å². The molecular formula is C20H25N3O5. The zero-order valence-corrected chi connectivity index (χ0v) is 16.2. The number of rotatable bonds is 3. The van der Waals surface area contributed by atoms with Gasteiger partial charge >= 0.3 is 6.03 Å². The Hall–Kier alpha value is -2.77. The summed E-state index contributed by atoms with van der Waals surface area (Å²) in [5.74, 6) is 0.918. The highest BCUT2D eigenvalue weighted by Crippen LogP contribution is 2.37. The van der Waals surface area contributed by atoms with Crippen LogP contribution < -0.4 is 14.8 Å². The summed E-state index contributed by atoms with van der Waals surface area (Å²) in [4.78, 5) is 41.3. The highest BCUT2D eigenvalue weighted by Gasteiger charge is 2.54. The molecule has 4 amide bonds. The number of nitrogens with one attached hydrogen (secondary N) is 1. The first-order valence-electron chi connectivity index (χ1n) is 9.73. The van der Waals surface area contributed by atoms with Crippen LogP contribution in [0.2, 0.25) is 0 Å². The third-order valence-corrected chi connectivity index (χ3v) is 5.63. The van der Waals surface area contributed by atoms with Crippen LogP contribution in [0.15, 0.2) is 18.2 Å². The molecule has 0 unspecified atom stereocenters. The Balaban J connectivity index is 1.52. The van der Waals surface area contributed by atoms with E-state index in [1.54, 1.807) is 28.0 Å². The molecule has 1 spiro atoms. The fourth-order valence-corrected chi connectivity index (χ4v) is 4.21. The third-order valence-electron chi connectivity index (χ3n) is 5.63. The average Bonchev–Trinajstić information content (AvgIpc) is 2.91. The molecule has 3 aliphatic rings. The van der Waals surface area contributed by atoms with Crippen molar-refractivity contribution < 1.29 is 23.9 Å². The van der Waals surface area contributed by atoms with Crippen molar-refractivity contribution in [2.24, 2.45) is 5.92 Å². The van der Waals surface area contributed by atoms with Gasteiger partial charge in [-0.3, -0.25) is 14.9 Å². The molecule has 150 valence electrons. The van der Waals surface area contributed by atoms with E-state index in [-0.39, 0.29) is 23.8 Å². The van der Waals surface area contributed by atoms with Crippen LogP contribution in [0.5, 0.6) is 11.5 Å². The predicted octanol–water partition coefficient (Wildman–Crippen LogP) is 1.64. The number of likely N-dealkylation sites (tertiary alicyclic amines) is 1. The maximum atomic E-state index is 13.1. The van der Waals surface area contributed by atoms with E-state index >= 15 is 0 Å². The SMILES string of the molecule is CC(C)CN1C(=O)NC(=O)C12CCN(C(=O)c1cccc3c1OCCO3)CC2. The van der Waals surface area contributed by atoms with Gasteiger partial charge in [-0.15, -0.1) is 0 Å². The minimum absolute atomic E-state index is 0.141. The standard InChI is InChI=1S/C20H25N3O5/c1-13(2)12-23-19(26)21-18(25)20(23)6-8-22(9-7-20)17(24)14-4-3-5-15-16(14)28-11-10-27-15/h3-5,13H,6-12H2,1-2H3,(H,21,25,26). The fraction of sp³-hybridized carbons (Fsp3) is 0.550.